The monoisotopic (exact) mass is 1120 g/mol. The first-order valence-corrected chi connectivity index (χ1v) is 26.8. The topological polar surface area (TPSA) is 283 Å². The van der Waals surface area contributed by atoms with Gasteiger partial charge >= 0.3 is 5.97 Å². The highest BCUT2D eigenvalue weighted by molar-refractivity contribution is 7.82. The average molecular weight is 1120 g/mol. The first-order valence-electron chi connectivity index (χ1n) is 26.3. The highest BCUT2D eigenvalue weighted by Crippen LogP contribution is 2.49. The average Bonchev–Trinajstić information content (AvgIpc) is 3.94. The number of benzene rings is 3. The maximum Gasteiger partial charge on any atom is 0.343 e. The van der Waals surface area contributed by atoms with E-state index in [1.807, 2.05) is 0 Å². The van der Waals surface area contributed by atoms with Crippen molar-refractivity contribution in [2.75, 3.05) is 51.1 Å². The molecule has 5 aromatic rings. The zero-order valence-electron chi connectivity index (χ0n) is 44.3. The van der Waals surface area contributed by atoms with E-state index >= 15 is 4.39 Å². The van der Waals surface area contributed by atoms with Gasteiger partial charge in [0.15, 0.2) is 5.60 Å². The maximum atomic E-state index is 15.5. The van der Waals surface area contributed by atoms with Crippen LogP contribution in [-0.4, -0.2) is 119 Å². The maximum absolute atomic E-state index is 15.5. The summed E-state index contributed by atoms with van der Waals surface area (Å²) in [4.78, 5) is 122. The summed E-state index contributed by atoms with van der Waals surface area (Å²) in [5, 5.41) is 24.2. The summed E-state index contributed by atoms with van der Waals surface area (Å²) in [5.74, 6) is -4.98. The number of aromatic nitrogens is 2. The summed E-state index contributed by atoms with van der Waals surface area (Å²) in [7, 11) is 0. The van der Waals surface area contributed by atoms with E-state index in [0.29, 0.717) is 53.0 Å². The molecule has 2 aromatic heterocycles. The van der Waals surface area contributed by atoms with Crippen molar-refractivity contribution in [2.24, 2.45) is 0 Å². The lowest BCUT2D eigenvalue weighted by molar-refractivity contribution is -0.172. The van der Waals surface area contributed by atoms with Crippen LogP contribution in [0.15, 0.2) is 71.5 Å². The number of carbonyl (C=O) groups is 8. The van der Waals surface area contributed by atoms with E-state index in [1.54, 1.807) is 79.1 Å². The van der Waals surface area contributed by atoms with Crippen LogP contribution in [0.3, 0.4) is 0 Å². The van der Waals surface area contributed by atoms with Crippen LogP contribution in [0.2, 0.25) is 0 Å². The van der Waals surface area contributed by atoms with Crippen molar-refractivity contribution in [3.05, 3.63) is 127 Å². The van der Waals surface area contributed by atoms with E-state index in [0.717, 1.165) is 32.5 Å². The molecule has 4 atom stereocenters. The molecule has 9 rings (SSSR count). The van der Waals surface area contributed by atoms with E-state index in [-0.39, 0.29) is 82.4 Å². The molecule has 0 spiro atoms. The molecule has 0 bridgehead atoms. The predicted molar refractivity (Wildman–Crippen MR) is 290 cm³/mol. The SMILES string of the molecule is CC[C@@]1(O)C(=O)OCc2c1cc1n(c2=O)Cc2c-1nc1cc(F)c(C)c3c1c2C(C)(COCCOCNC(=O)CNC(=O)[C@H](Cc1ccccc1)NC(=O)CNC(=O)CNC(=O)CCc1ccc(N2C(=O)CC(S)C2=O)cc1)CC3. The van der Waals surface area contributed by atoms with Gasteiger partial charge in [-0.25, -0.2) is 19.1 Å². The quantitative estimate of drug-likeness (QED) is 0.0169. The zero-order chi connectivity index (χ0) is 57.0. The van der Waals surface area contributed by atoms with Crippen molar-refractivity contribution in [2.45, 2.75) is 101 Å². The van der Waals surface area contributed by atoms with Gasteiger partial charge in [-0.2, -0.15) is 12.6 Å². The second kappa shape index (κ2) is 23.8. The number of esters is 1. The second-order valence-electron chi connectivity index (χ2n) is 20.6. The van der Waals surface area contributed by atoms with Crippen LogP contribution in [0.4, 0.5) is 10.1 Å². The number of imide groups is 1. The summed E-state index contributed by atoms with van der Waals surface area (Å²) < 4.78 is 34.1. The Hall–Kier alpha value is -7.86. The number of aryl methyl sites for hydroxylation is 2. The standard InChI is InChI=1S/C57H61FN8O13S/c1-4-57(76)38-21-42-51-36(27-65(42)53(73)37(38)28-79-55(57)75)50-49-35(31(2)39(58)22-40(49)64-51)16-17-56(50,3)29-77-18-19-78-30-62-46(69)25-61-52(72)41(20-33-8-6-5-7-9-33)63-47(70)26-60-45(68)24-59-44(67)15-12-32-10-13-34(14-11-32)66-48(71)23-43(80)54(66)74/h5-11,13-14,21-22,41,43,76,80H,4,12,15-20,23-30H2,1-3H3,(H,59,67)(H,60,68)(H,61,72)(H,62,69)(H,63,70)/t41-,43?,56?,57-/m0/s1. The summed E-state index contributed by atoms with van der Waals surface area (Å²) in [5.41, 5.74) is 3.52. The number of anilines is 1. The highest BCUT2D eigenvalue weighted by Gasteiger charge is 2.47. The minimum atomic E-state index is -2.01. The molecule has 80 heavy (non-hydrogen) atoms. The minimum absolute atomic E-state index is 0.0140. The van der Waals surface area contributed by atoms with Gasteiger partial charge in [-0.15, -0.1) is 0 Å². The van der Waals surface area contributed by atoms with Crippen LogP contribution >= 0.6 is 12.6 Å². The van der Waals surface area contributed by atoms with E-state index in [1.165, 1.54) is 6.07 Å². The van der Waals surface area contributed by atoms with Crippen LogP contribution in [0.25, 0.3) is 22.3 Å². The lowest BCUT2D eigenvalue weighted by Gasteiger charge is -2.37. The van der Waals surface area contributed by atoms with Crippen molar-refractivity contribution < 1.29 is 62.1 Å². The third-order valence-corrected chi connectivity index (χ3v) is 15.6. The fraction of sp³-hybridized carbons (Fsp3) is 0.404. The van der Waals surface area contributed by atoms with E-state index in [2.05, 4.69) is 46.1 Å². The van der Waals surface area contributed by atoms with Gasteiger partial charge in [0.25, 0.3) is 5.56 Å². The largest absolute Gasteiger partial charge is 0.458 e. The Morgan fingerprint density at radius 3 is 2.30 bits per heavy atom. The molecule has 1 aliphatic carbocycles. The van der Waals surface area contributed by atoms with Gasteiger partial charge in [-0.3, -0.25) is 38.4 Å². The molecule has 6 N–H and O–H groups in total. The van der Waals surface area contributed by atoms with Crippen molar-refractivity contribution in [1.29, 1.82) is 0 Å². The number of carbonyl (C=O) groups excluding carboxylic acids is 8. The molecule has 0 radical (unpaired) electrons. The van der Waals surface area contributed by atoms with Crippen LogP contribution in [0, 0.1) is 12.7 Å². The van der Waals surface area contributed by atoms with Crippen molar-refractivity contribution >= 4 is 76.5 Å². The number of hydrogen-bond donors (Lipinski definition) is 7. The molecule has 4 aliphatic rings. The van der Waals surface area contributed by atoms with Crippen molar-refractivity contribution in [1.82, 2.24) is 36.1 Å². The molecule has 2 unspecified atom stereocenters. The number of rotatable bonds is 22. The Morgan fingerprint density at radius 2 is 1.57 bits per heavy atom. The summed E-state index contributed by atoms with van der Waals surface area (Å²) in [6, 6.07) is 17.4. The third kappa shape index (κ3) is 11.7. The van der Waals surface area contributed by atoms with Gasteiger partial charge in [0.2, 0.25) is 41.4 Å². The fourth-order valence-electron chi connectivity index (χ4n) is 10.8. The number of hydrogen-bond acceptors (Lipinski definition) is 15. The number of aliphatic hydroxyl groups is 1. The van der Waals surface area contributed by atoms with Gasteiger partial charge in [-0.1, -0.05) is 56.3 Å². The highest BCUT2D eigenvalue weighted by atomic mass is 32.1. The second-order valence-corrected chi connectivity index (χ2v) is 21.2. The molecular weight excluding hydrogens is 1060 g/mol. The first kappa shape index (κ1) is 56.8. The van der Waals surface area contributed by atoms with Crippen LogP contribution in [0.5, 0.6) is 0 Å². The molecule has 420 valence electrons. The van der Waals surface area contributed by atoms with Crippen LogP contribution < -0.4 is 37.0 Å². The number of halogens is 1. The molecule has 1 fully saturated rings. The van der Waals surface area contributed by atoms with Gasteiger partial charge in [0, 0.05) is 47.3 Å². The number of ether oxygens (including phenoxy) is 3. The predicted octanol–water partition coefficient (Wildman–Crippen LogP) is 2.11. The van der Waals surface area contributed by atoms with E-state index in [4.69, 9.17) is 19.2 Å². The normalized spacial score (nSPS) is 19.1. The lowest BCUT2D eigenvalue weighted by atomic mass is 9.69. The van der Waals surface area contributed by atoms with E-state index < -0.39 is 94.7 Å². The molecule has 23 heteroatoms. The Kier molecular flexibility index (Phi) is 16.9. The number of pyridine rings is 2. The Balaban J connectivity index is 0.722. The fourth-order valence-corrected chi connectivity index (χ4v) is 11.1. The summed E-state index contributed by atoms with van der Waals surface area (Å²) in [6.07, 6.45) is 1.56. The Bertz CT molecular complexity index is 3390. The molecule has 5 heterocycles. The molecule has 3 aliphatic heterocycles. The van der Waals surface area contributed by atoms with Gasteiger partial charge < -0.3 is 50.5 Å². The number of thiol groups is 1. The van der Waals surface area contributed by atoms with Crippen LogP contribution in [-0.2, 0) is 96.0 Å². The van der Waals surface area contributed by atoms with Crippen LogP contribution in [0.1, 0.15) is 84.0 Å². The zero-order valence-corrected chi connectivity index (χ0v) is 45.2. The smallest absolute Gasteiger partial charge is 0.343 e. The number of fused-ring (bicyclic) bond motifs is 5. The van der Waals surface area contributed by atoms with Crippen molar-refractivity contribution in [3.8, 4) is 11.4 Å². The molecule has 1 saturated heterocycles. The first-order chi connectivity index (χ1) is 38.3. The molecule has 7 amide bonds. The lowest BCUT2D eigenvalue weighted by Crippen LogP contribution is -2.52. The van der Waals surface area contributed by atoms with Crippen molar-refractivity contribution in [3.63, 3.8) is 0 Å². The number of nitrogens with zero attached hydrogens (tertiary/aromatic N) is 3. The Labute approximate surface area is 464 Å². The number of nitrogens with one attached hydrogen (secondary N) is 5. The van der Waals surface area contributed by atoms with Gasteiger partial charge in [0.1, 0.15) is 25.2 Å². The number of cyclic esters (lactones) is 1. The summed E-state index contributed by atoms with van der Waals surface area (Å²) >= 11 is 4.14. The molecular formula is C57H61FN8O13S. The third-order valence-electron chi connectivity index (χ3n) is 15.2. The van der Waals surface area contributed by atoms with E-state index in [9.17, 15) is 48.3 Å². The molecule has 21 nitrogen and oxygen atoms in total. The Morgan fingerprint density at radius 1 is 0.875 bits per heavy atom. The molecule has 0 saturated carbocycles. The minimum Gasteiger partial charge on any atom is -0.458 e. The molecule has 3 aromatic carbocycles. The van der Waals surface area contributed by atoms with Gasteiger partial charge in [0.05, 0.1) is 79.4 Å². The van der Waals surface area contributed by atoms with Gasteiger partial charge in [-0.05, 0) is 78.6 Å². The summed E-state index contributed by atoms with van der Waals surface area (Å²) in [6.45, 7) is 4.15. The number of amides is 7.